The Balaban J connectivity index is 2.21. The molecule has 1 heterocycles. The third kappa shape index (κ3) is 4.13. The molecule has 0 spiro atoms. The second-order valence-electron chi connectivity index (χ2n) is 5.06. The highest BCUT2D eigenvalue weighted by Crippen LogP contribution is 2.34. The molecule has 1 saturated heterocycles. The number of hydrogen-bond acceptors (Lipinski definition) is 5. The van der Waals surface area contributed by atoms with Gasteiger partial charge in [-0.25, -0.2) is 0 Å². The molecule has 0 N–H and O–H groups in total. The minimum absolute atomic E-state index is 0.0371. The fraction of sp³-hybridized carbons (Fsp3) is 0.467. The van der Waals surface area contributed by atoms with Gasteiger partial charge >= 0.3 is 12.1 Å². The van der Waals surface area contributed by atoms with Gasteiger partial charge in [-0.1, -0.05) is 0 Å². The first-order valence-electron chi connectivity index (χ1n) is 6.90. The van der Waals surface area contributed by atoms with Crippen molar-refractivity contribution >= 4 is 11.7 Å². The first-order chi connectivity index (χ1) is 10.8. The first kappa shape index (κ1) is 17.1. The van der Waals surface area contributed by atoms with Crippen molar-refractivity contribution in [1.29, 1.82) is 5.26 Å². The summed E-state index contributed by atoms with van der Waals surface area (Å²) < 4.78 is 49.1. The van der Waals surface area contributed by atoms with E-state index in [-0.39, 0.29) is 13.0 Å². The summed E-state index contributed by atoms with van der Waals surface area (Å²) >= 11 is 0. The molecule has 0 aromatic heterocycles. The van der Waals surface area contributed by atoms with E-state index in [4.69, 9.17) is 10.00 Å². The van der Waals surface area contributed by atoms with Gasteiger partial charge in [-0.3, -0.25) is 4.79 Å². The minimum Gasteiger partial charge on any atom is -0.469 e. The second-order valence-corrected chi connectivity index (χ2v) is 5.06. The molecular weight excluding hydrogens is 313 g/mol. The van der Waals surface area contributed by atoms with Crippen LogP contribution in [0.5, 0.6) is 0 Å². The number of benzene rings is 1. The monoisotopic (exact) mass is 328 g/mol. The molecule has 124 valence electrons. The maximum Gasteiger partial charge on any atom is 0.417 e. The predicted octanol–water partition coefficient (Wildman–Crippen LogP) is 2.35. The van der Waals surface area contributed by atoms with Crippen molar-refractivity contribution in [3.8, 4) is 6.07 Å². The maximum atomic E-state index is 13.0. The molecule has 0 saturated carbocycles. The molecule has 1 aliphatic heterocycles. The quantitative estimate of drug-likeness (QED) is 0.797. The Bertz CT molecular complexity index is 625. The van der Waals surface area contributed by atoms with Crippen LogP contribution >= 0.6 is 0 Å². The Labute approximate surface area is 131 Å². The summed E-state index contributed by atoms with van der Waals surface area (Å²) in [5.74, 6) is -0.437. The SMILES string of the molecule is COC(=O)CC1CN(c2ccc(C#N)c(C(F)(F)F)c2)CCO1. The van der Waals surface area contributed by atoms with Gasteiger partial charge in [0.25, 0.3) is 0 Å². The Morgan fingerprint density at radius 1 is 1.52 bits per heavy atom. The summed E-state index contributed by atoms with van der Waals surface area (Å²) in [6, 6.07) is 5.13. The van der Waals surface area contributed by atoms with Gasteiger partial charge < -0.3 is 14.4 Å². The van der Waals surface area contributed by atoms with Crippen LogP contribution in [0.15, 0.2) is 18.2 Å². The summed E-state index contributed by atoms with van der Waals surface area (Å²) in [5, 5.41) is 8.82. The normalized spacial score (nSPS) is 18.4. The number of ether oxygens (including phenoxy) is 2. The Kier molecular flexibility index (Phi) is 5.11. The van der Waals surface area contributed by atoms with Crippen LogP contribution in [-0.2, 0) is 20.4 Å². The third-order valence-electron chi connectivity index (χ3n) is 3.55. The van der Waals surface area contributed by atoms with Gasteiger partial charge in [0, 0.05) is 18.8 Å². The van der Waals surface area contributed by atoms with Crippen molar-refractivity contribution in [2.45, 2.75) is 18.7 Å². The molecule has 1 aromatic carbocycles. The summed E-state index contributed by atoms with van der Waals surface area (Å²) in [4.78, 5) is 13.0. The van der Waals surface area contributed by atoms with E-state index in [1.54, 1.807) is 11.0 Å². The first-order valence-corrected chi connectivity index (χ1v) is 6.90. The average molecular weight is 328 g/mol. The van der Waals surface area contributed by atoms with E-state index in [1.807, 2.05) is 0 Å². The molecule has 1 fully saturated rings. The van der Waals surface area contributed by atoms with Crippen LogP contribution in [0.3, 0.4) is 0 Å². The predicted molar refractivity (Wildman–Crippen MR) is 74.7 cm³/mol. The highest BCUT2D eigenvalue weighted by atomic mass is 19.4. The lowest BCUT2D eigenvalue weighted by Crippen LogP contribution is -2.43. The zero-order chi connectivity index (χ0) is 17.0. The number of carbonyl (C=O) groups is 1. The van der Waals surface area contributed by atoms with E-state index in [0.717, 1.165) is 12.1 Å². The molecule has 23 heavy (non-hydrogen) atoms. The van der Waals surface area contributed by atoms with Crippen molar-refractivity contribution in [2.24, 2.45) is 0 Å². The number of nitrogens with zero attached hydrogens (tertiary/aromatic N) is 2. The molecule has 2 rings (SSSR count). The van der Waals surface area contributed by atoms with Gasteiger partial charge in [-0.2, -0.15) is 18.4 Å². The molecule has 0 bridgehead atoms. The zero-order valence-electron chi connectivity index (χ0n) is 12.4. The smallest absolute Gasteiger partial charge is 0.417 e. The Morgan fingerprint density at radius 3 is 2.87 bits per heavy atom. The van der Waals surface area contributed by atoms with Gasteiger partial charge in [0.2, 0.25) is 0 Å². The highest BCUT2D eigenvalue weighted by molar-refractivity contribution is 5.70. The number of rotatable bonds is 3. The van der Waals surface area contributed by atoms with Crippen LogP contribution in [0.1, 0.15) is 17.5 Å². The summed E-state index contributed by atoms with van der Waals surface area (Å²) in [7, 11) is 1.26. The topological polar surface area (TPSA) is 62.6 Å². The lowest BCUT2D eigenvalue weighted by Gasteiger charge is -2.34. The van der Waals surface area contributed by atoms with E-state index in [1.165, 1.54) is 13.2 Å². The standard InChI is InChI=1S/C15H15F3N2O3/c1-22-14(21)7-12-9-20(4-5-23-12)11-3-2-10(8-19)13(6-11)15(16,17)18/h2-3,6,12H,4-5,7,9H2,1H3. The lowest BCUT2D eigenvalue weighted by atomic mass is 10.1. The number of alkyl halides is 3. The number of esters is 1. The number of carbonyl (C=O) groups excluding carboxylic acids is 1. The number of methoxy groups -OCH3 is 1. The molecule has 1 atom stereocenters. The minimum atomic E-state index is -4.60. The molecule has 1 unspecified atom stereocenters. The van der Waals surface area contributed by atoms with Crippen LogP contribution in [0, 0.1) is 11.3 Å². The van der Waals surface area contributed by atoms with Crippen LogP contribution in [0.4, 0.5) is 18.9 Å². The van der Waals surface area contributed by atoms with Crippen LogP contribution in [0.2, 0.25) is 0 Å². The summed E-state index contributed by atoms with van der Waals surface area (Å²) in [5.41, 5.74) is -1.04. The molecule has 1 aliphatic rings. The summed E-state index contributed by atoms with van der Waals surface area (Å²) in [6.45, 7) is 0.974. The molecule has 5 nitrogen and oxygen atoms in total. The Morgan fingerprint density at radius 2 is 2.26 bits per heavy atom. The average Bonchev–Trinajstić information content (AvgIpc) is 2.53. The largest absolute Gasteiger partial charge is 0.469 e. The van der Waals surface area contributed by atoms with Crippen LogP contribution in [0.25, 0.3) is 0 Å². The molecular formula is C15H15F3N2O3. The molecule has 1 aromatic rings. The summed E-state index contributed by atoms with van der Waals surface area (Å²) in [6.07, 6.45) is -5.00. The number of morpholine rings is 1. The number of nitriles is 1. The number of anilines is 1. The van der Waals surface area contributed by atoms with Crippen molar-refractivity contribution in [3.05, 3.63) is 29.3 Å². The molecule has 0 radical (unpaired) electrons. The Hall–Kier alpha value is -2.27. The van der Waals surface area contributed by atoms with Gasteiger partial charge in [0.1, 0.15) is 0 Å². The van der Waals surface area contributed by atoms with Crippen molar-refractivity contribution in [2.75, 3.05) is 31.7 Å². The van der Waals surface area contributed by atoms with Crippen LogP contribution in [-0.4, -0.2) is 38.9 Å². The highest BCUT2D eigenvalue weighted by Gasteiger charge is 2.34. The van der Waals surface area contributed by atoms with E-state index >= 15 is 0 Å². The van der Waals surface area contributed by atoms with Crippen molar-refractivity contribution in [1.82, 2.24) is 0 Å². The third-order valence-corrected chi connectivity index (χ3v) is 3.55. The van der Waals surface area contributed by atoms with Gasteiger partial charge in [-0.15, -0.1) is 0 Å². The van der Waals surface area contributed by atoms with Crippen molar-refractivity contribution < 1.29 is 27.4 Å². The maximum absolute atomic E-state index is 13.0. The number of hydrogen-bond donors (Lipinski definition) is 0. The molecule has 8 heteroatoms. The van der Waals surface area contributed by atoms with Gasteiger partial charge in [0.05, 0.1) is 43.4 Å². The van der Waals surface area contributed by atoms with Gasteiger partial charge in [0.15, 0.2) is 0 Å². The second kappa shape index (κ2) is 6.87. The van der Waals surface area contributed by atoms with E-state index in [9.17, 15) is 18.0 Å². The lowest BCUT2D eigenvalue weighted by molar-refractivity contribution is -0.144. The van der Waals surface area contributed by atoms with E-state index in [0.29, 0.717) is 18.8 Å². The van der Waals surface area contributed by atoms with Crippen LogP contribution < -0.4 is 4.90 Å². The molecule has 0 amide bonds. The number of halogens is 3. The zero-order valence-corrected chi connectivity index (χ0v) is 12.4. The fourth-order valence-electron chi connectivity index (χ4n) is 2.41. The molecule has 0 aliphatic carbocycles. The fourth-order valence-corrected chi connectivity index (χ4v) is 2.41. The van der Waals surface area contributed by atoms with Gasteiger partial charge in [-0.05, 0) is 18.2 Å². The van der Waals surface area contributed by atoms with E-state index in [2.05, 4.69) is 4.74 Å². The van der Waals surface area contributed by atoms with E-state index < -0.39 is 29.4 Å². The van der Waals surface area contributed by atoms with Crippen molar-refractivity contribution in [3.63, 3.8) is 0 Å².